The van der Waals surface area contributed by atoms with E-state index in [0.29, 0.717) is 37.8 Å². The van der Waals surface area contributed by atoms with E-state index in [4.69, 9.17) is 21.6 Å². The highest BCUT2D eigenvalue weighted by atomic mass is 16.5. The van der Waals surface area contributed by atoms with E-state index in [9.17, 15) is 4.79 Å². The normalized spacial score (nSPS) is 18.7. The third-order valence-corrected chi connectivity index (χ3v) is 7.93. The topological polar surface area (TPSA) is 112 Å². The van der Waals surface area contributed by atoms with E-state index < -0.39 is 0 Å². The van der Waals surface area contributed by atoms with Crippen molar-refractivity contribution in [1.82, 2.24) is 9.80 Å². The number of ether oxygens (including phenoxy) is 1. The summed E-state index contributed by atoms with van der Waals surface area (Å²) in [4.78, 5) is 20.1. The lowest BCUT2D eigenvalue weighted by Gasteiger charge is -2.42. The number of anilines is 2. The molecule has 0 saturated carbocycles. The van der Waals surface area contributed by atoms with Gasteiger partial charge in [-0.15, -0.1) is 0 Å². The van der Waals surface area contributed by atoms with E-state index in [1.54, 1.807) is 6.07 Å². The van der Waals surface area contributed by atoms with Crippen LogP contribution in [0.4, 0.5) is 16.2 Å². The summed E-state index contributed by atoms with van der Waals surface area (Å²) < 4.78 is 6.12. The molecule has 0 aliphatic carbocycles. The summed E-state index contributed by atoms with van der Waals surface area (Å²) in [5.41, 5.74) is 16.2. The first-order chi connectivity index (χ1) is 19.4. The Morgan fingerprint density at radius 2 is 1.65 bits per heavy atom. The Morgan fingerprint density at radius 3 is 2.38 bits per heavy atom. The number of carbonyl (C=O) groups is 1. The minimum absolute atomic E-state index is 0.00311. The number of urea groups is 1. The number of nitrogens with one attached hydrogen (secondary N) is 1. The Morgan fingerprint density at radius 1 is 0.900 bits per heavy atom. The summed E-state index contributed by atoms with van der Waals surface area (Å²) in [7, 11) is 0. The monoisotopic (exact) mass is 540 g/mol. The molecule has 8 heteroatoms. The van der Waals surface area contributed by atoms with Crippen molar-refractivity contribution in [1.29, 1.82) is 5.41 Å². The molecule has 210 valence electrons. The molecule has 3 aromatic rings. The van der Waals surface area contributed by atoms with Crippen molar-refractivity contribution in [3.8, 4) is 0 Å². The molecule has 2 fully saturated rings. The molecule has 2 saturated heterocycles. The quantitative estimate of drug-likeness (QED) is 0.199. The molecule has 5 N–H and O–H groups in total. The fourth-order valence-electron chi connectivity index (χ4n) is 5.71. The molecule has 0 aromatic heterocycles. The van der Waals surface area contributed by atoms with Gasteiger partial charge in [-0.1, -0.05) is 54.6 Å². The predicted molar refractivity (Wildman–Crippen MR) is 160 cm³/mol. The number of nitrogen functional groups attached to an aromatic ring is 2. The summed E-state index contributed by atoms with van der Waals surface area (Å²) in [5, 5.41) is 7.85. The van der Waals surface area contributed by atoms with Gasteiger partial charge in [0.15, 0.2) is 0 Å². The molecule has 2 amide bonds. The molecular formula is C32H40N6O2. The predicted octanol–water partition coefficient (Wildman–Crippen LogP) is 4.54. The van der Waals surface area contributed by atoms with Crippen LogP contribution in [0.2, 0.25) is 0 Å². The number of hydrogen-bond acceptors (Lipinski definition) is 5. The summed E-state index contributed by atoms with van der Waals surface area (Å²) in [5.74, 6) is 0.630. The van der Waals surface area contributed by atoms with Crippen LogP contribution in [0, 0.1) is 17.2 Å². The Kier molecular flexibility index (Phi) is 8.98. The van der Waals surface area contributed by atoms with Crippen LogP contribution in [0.3, 0.4) is 0 Å². The maximum Gasteiger partial charge on any atom is 0.324 e. The van der Waals surface area contributed by atoms with Gasteiger partial charge in [0.05, 0.1) is 13.2 Å². The number of nitrogens with two attached hydrogens (primary N) is 2. The lowest BCUT2D eigenvalue weighted by atomic mass is 9.94. The van der Waals surface area contributed by atoms with Crippen molar-refractivity contribution < 1.29 is 9.53 Å². The Labute approximate surface area is 237 Å². The fraction of sp³-hybridized carbons (Fsp3) is 0.375. The zero-order chi connectivity index (χ0) is 27.9. The highest BCUT2D eigenvalue weighted by Crippen LogP contribution is 2.27. The van der Waals surface area contributed by atoms with Crippen molar-refractivity contribution in [3.05, 3.63) is 95.6 Å². The minimum Gasteiger partial charge on any atom is -0.399 e. The van der Waals surface area contributed by atoms with E-state index in [1.165, 1.54) is 5.56 Å². The highest BCUT2D eigenvalue weighted by Gasteiger charge is 2.35. The van der Waals surface area contributed by atoms with E-state index >= 15 is 0 Å². The molecule has 2 aliphatic heterocycles. The smallest absolute Gasteiger partial charge is 0.324 e. The van der Waals surface area contributed by atoms with Crippen molar-refractivity contribution >= 4 is 23.2 Å². The summed E-state index contributed by atoms with van der Waals surface area (Å²) in [6.07, 6.45) is 2.13. The summed E-state index contributed by atoms with van der Waals surface area (Å²) >= 11 is 0. The molecule has 5 rings (SSSR count). The molecule has 0 bridgehead atoms. The van der Waals surface area contributed by atoms with Gasteiger partial charge in [0, 0.05) is 49.0 Å². The Hall–Kier alpha value is -3.88. The zero-order valence-corrected chi connectivity index (χ0v) is 23.0. The summed E-state index contributed by atoms with van der Waals surface area (Å²) in [6, 6.07) is 25.7. The van der Waals surface area contributed by atoms with Crippen LogP contribution < -0.4 is 16.4 Å². The number of nitrogens with zero attached hydrogens (tertiary/aromatic N) is 3. The Balaban J connectivity index is 1.23. The van der Waals surface area contributed by atoms with Gasteiger partial charge in [0.1, 0.15) is 5.84 Å². The third-order valence-electron chi connectivity index (χ3n) is 7.93. The molecule has 2 heterocycles. The maximum absolute atomic E-state index is 13.8. The Bertz CT molecular complexity index is 1270. The largest absolute Gasteiger partial charge is 0.399 e. The van der Waals surface area contributed by atoms with Gasteiger partial charge in [-0.25, -0.2) is 4.79 Å². The second-order valence-corrected chi connectivity index (χ2v) is 11.1. The van der Waals surface area contributed by atoms with Crippen molar-refractivity contribution in [2.75, 3.05) is 50.0 Å². The van der Waals surface area contributed by atoms with Gasteiger partial charge in [-0.2, -0.15) is 0 Å². The van der Waals surface area contributed by atoms with Gasteiger partial charge >= 0.3 is 6.03 Å². The van der Waals surface area contributed by atoms with Crippen LogP contribution in [-0.4, -0.2) is 61.0 Å². The van der Waals surface area contributed by atoms with Gasteiger partial charge in [-0.3, -0.25) is 15.2 Å². The number of piperidine rings is 1. The minimum atomic E-state index is -0.00311. The van der Waals surface area contributed by atoms with Crippen LogP contribution in [0.1, 0.15) is 29.5 Å². The number of benzene rings is 3. The van der Waals surface area contributed by atoms with E-state index in [1.807, 2.05) is 58.3 Å². The second-order valence-electron chi connectivity index (χ2n) is 11.1. The van der Waals surface area contributed by atoms with Crippen LogP contribution in [-0.2, 0) is 17.9 Å². The second kappa shape index (κ2) is 13.0. The highest BCUT2D eigenvalue weighted by molar-refractivity contribution is 5.98. The molecule has 1 unspecified atom stereocenters. The number of hydrogen-bond donors (Lipinski definition) is 3. The van der Waals surface area contributed by atoms with Crippen molar-refractivity contribution in [2.45, 2.75) is 26.0 Å². The molecule has 3 aromatic carbocycles. The molecular weight excluding hydrogens is 500 g/mol. The van der Waals surface area contributed by atoms with Gasteiger partial charge in [0.25, 0.3) is 0 Å². The van der Waals surface area contributed by atoms with Crippen LogP contribution >= 0.6 is 0 Å². The molecule has 0 radical (unpaired) electrons. The fourth-order valence-corrected chi connectivity index (χ4v) is 5.71. The third kappa shape index (κ3) is 7.20. The lowest BCUT2D eigenvalue weighted by Crippen LogP contribution is -2.56. The molecule has 0 spiro atoms. The first kappa shape index (κ1) is 27.7. The lowest BCUT2D eigenvalue weighted by molar-refractivity contribution is 0.0643. The van der Waals surface area contributed by atoms with Gasteiger partial charge in [0.2, 0.25) is 0 Å². The first-order valence-corrected chi connectivity index (χ1v) is 14.1. The molecule has 1 atom stereocenters. The first-order valence-electron chi connectivity index (χ1n) is 14.1. The average molecular weight is 541 g/mol. The van der Waals surface area contributed by atoms with Gasteiger partial charge in [-0.05, 0) is 67.2 Å². The van der Waals surface area contributed by atoms with Crippen molar-refractivity contribution in [3.63, 3.8) is 0 Å². The van der Waals surface area contributed by atoms with E-state index in [2.05, 4.69) is 29.2 Å². The van der Waals surface area contributed by atoms with E-state index in [-0.39, 0.29) is 17.8 Å². The number of amides is 2. The maximum atomic E-state index is 13.8. The van der Waals surface area contributed by atoms with E-state index in [0.717, 1.165) is 56.0 Å². The zero-order valence-electron chi connectivity index (χ0n) is 23.0. The van der Waals surface area contributed by atoms with Crippen LogP contribution in [0.5, 0.6) is 0 Å². The van der Waals surface area contributed by atoms with Crippen LogP contribution in [0.25, 0.3) is 0 Å². The SMILES string of the molecule is N=C(N)c1cccc(N2CC(COCc3ccccc3)CN(CC3CCN(Cc4ccc(N)cc4)CC3)C2=O)c1. The average Bonchev–Trinajstić information content (AvgIpc) is 2.97. The van der Waals surface area contributed by atoms with Crippen molar-refractivity contribution in [2.24, 2.45) is 17.6 Å². The number of carbonyl (C=O) groups excluding carboxylic acids is 1. The number of rotatable bonds is 10. The molecule has 2 aliphatic rings. The molecule has 8 nitrogen and oxygen atoms in total. The number of likely N-dealkylation sites (tertiary alicyclic amines) is 1. The number of amidine groups is 1. The molecule has 40 heavy (non-hydrogen) atoms. The summed E-state index contributed by atoms with van der Waals surface area (Å²) in [6.45, 7) is 6.09. The van der Waals surface area contributed by atoms with Gasteiger partial charge < -0.3 is 21.1 Å². The van der Waals surface area contributed by atoms with Crippen LogP contribution in [0.15, 0.2) is 78.9 Å². The standard InChI is InChI=1S/C32H40N6O2/c33-29-11-9-24(10-12-29)18-36-15-13-25(14-16-36)19-37-20-27(23-40-22-26-5-2-1-3-6-26)21-38(32(37)39)30-8-4-7-28(17-30)31(34)35/h1-12,17,25,27H,13-16,18-23,33H2,(H3,34,35).